The molecule has 6 heteroatoms. The standard InChI is InChI=1S/C24H26N6/c1-17-9-8-12-19(15-17)21-20-22(25)30(16-18-10-4-2-5-11-18)28-23(20)27-24(26-21)29-13-6-3-7-14-29/h2,4-5,8-12,15H,3,6-7,13-14,16,25H2,1H3. The molecular weight excluding hydrogens is 372 g/mol. The Hall–Kier alpha value is -3.41. The molecule has 0 spiro atoms. The predicted octanol–water partition coefficient (Wildman–Crippen LogP) is 4.42. The molecule has 1 fully saturated rings. The second-order valence-electron chi connectivity index (χ2n) is 8.02. The fourth-order valence-electron chi connectivity index (χ4n) is 4.16. The van der Waals surface area contributed by atoms with E-state index in [1.807, 2.05) is 22.9 Å². The van der Waals surface area contributed by atoms with Gasteiger partial charge in [-0.2, -0.15) is 4.98 Å². The van der Waals surface area contributed by atoms with E-state index in [0.717, 1.165) is 41.2 Å². The van der Waals surface area contributed by atoms with Gasteiger partial charge in [0, 0.05) is 18.7 Å². The van der Waals surface area contributed by atoms with Gasteiger partial charge in [-0.05, 0) is 37.8 Å². The molecule has 152 valence electrons. The van der Waals surface area contributed by atoms with E-state index in [-0.39, 0.29) is 0 Å². The molecule has 0 amide bonds. The molecule has 2 aromatic carbocycles. The van der Waals surface area contributed by atoms with Crippen molar-refractivity contribution in [3.05, 3.63) is 65.7 Å². The van der Waals surface area contributed by atoms with Gasteiger partial charge in [-0.3, -0.25) is 0 Å². The van der Waals surface area contributed by atoms with Crippen molar-refractivity contribution in [2.45, 2.75) is 32.7 Å². The highest BCUT2D eigenvalue weighted by Crippen LogP contribution is 2.33. The first-order valence-electron chi connectivity index (χ1n) is 10.6. The van der Waals surface area contributed by atoms with Crippen LogP contribution in [0, 0.1) is 6.92 Å². The Balaban J connectivity index is 1.67. The van der Waals surface area contributed by atoms with Crippen molar-refractivity contribution >= 4 is 22.8 Å². The van der Waals surface area contributed by atoms with E-state index in [2.05, 4.69) is 48.2 Å². The van der Waals surface area contributed by atoms with Crippen LogP contribution in [0.1, 0.15) is 30.4 Å². The van der Waals surface area contributed by atoms with Crippen molar-refractivity contribution in [3.8, 4) is 11.3 Å². The zero-order valence-corrected chi connectivity index (χ0v) is 17.3. The summed E-state index contributed by atoms with van der Waals surface area (Å²) >= 11 is 0. The third-order valence-electron chi connectivity index (χ3n) is 5.73. The molecule has 0 saturated carbocycles. The Labute approximate surface area is 176 Å². The first-order chi connectivity index (χ1) is 14.7. The molecule has 1 aliphatic rings. The third-order valence-corrected chi connectivity index (χ3v) is 5.73. The lowest BCUT2D eigenvalue weighted by Gasteiger charge is -2.26. The number of fused-ring (bicyclic) bond motifs is 1. The largest absolute Gasteiger partial charge is 0.383 e. The number of nitrogen functional groups attached to an aromatic ring is 1. The number of piperidine rings is 1. The van der Waals surface area contributed by atoms with Crippen molar-refractivity contribution in [1.29, 1.82) is 0 Å². The van der Waals surface area contributed by atoms with Gasteiger partial charge >= 0.3 is 0 Å². The molecule has 2 N–H and O–H groups in total. The summed E-state index contributed by atoms with van der Waals surface area (Å²) in [7, 11) is 0. The topological polar surface area (TPSA) is 72.9 Å². The summed E-state index contributed by atoms with van der Waals surface area (Å²) in [6, 6.07) is 18.6. The lowest BCUT2D eigenvalue weighted by atomic mass is 10.1. The molecule has 2 aromatic heterocycles. The van der Waals surface area contributed by atoms with Crippen LogP contribution in [-0.2, 0) is 6.54 Å². The van der Waals surface area contributed by atoms with E-state index in [1.54, 1.807) is 0 Å². The van der Waals surface area contributed by atoms with Crippen LogP contribution in [0.3, 0.4) is 0 Å². The molecule has 0 unspecified atom stereocenters. The summed E-state index contributed by atoms with van der Waals surface area (Å²) in [6.45, 7) is 4.67. The van der Waals surface area contributed by atoms with Gasteiger partial charge < -0.3 is 10.6 Å². The highest BCUT2D eigenvalue weighted by atomic mass is 15.3. The van der Waals surface area contributed by atoms with Crippen LogP contribution in [0.15, 0.2) is 54.6 Å². The van der Waals surface area contributed by atoms with Crippen LogP contribution in [0.5, 0.6) is 0 Å². The van der Waals surface area contributed by atoms with Crippen LogP contribution < -0.4 is 10.6 Å². The fraction of sp³-hybridized carbons (Fsp3) is 0.292. The molecule has 5 rings (SSSR count). The van der Waals surface area contributed by atoms with Gasteiger partial charge in [-0.25, -0.2) is 9.67 Å². The lowest BCUT2D eigenvalue weighted by molar-refractivity contribution is 0.569. The van der Waals surface area contributed by atoms with E-state index >= 15 is 0 Å². The van der Waals surface area contributed by atoms with Crippen molar-refractivity contribution in [3.63, 3.8) is 0 Å². The zero-order valence-electron chi connectivity index (χ0n) is 17.3. The van der Waals surface area contributed by atoms with Crippen LogP contribution >= 0.6 is 0 Å². The summed E-state index contributed by atoms with van der Waals surface area (Å²) in [4.78, 5) is 12.1. The number of rotatable bonds is 4. The van der Waals surface area contributed by atoms with Crippen LogP contribution in [0.25, 0.3) is 22.3 Å². The highest BCUT2D eigenvalue weighted by Gasteiger charge is 2.22. The number of nitrogens with two attached hydrogens (primary N) is 1. The molecule has 6 nitrogen and oxygen atoms in total. The van der Waals surface area contributed by atoms with Gasteiger partial charge in [0.25, 0.3) is 0 Å². The molecule has 3 heterocycles. The van der Waals surface area contributed by atoms with E-state index in [9.17, 15) is 0 Å². The number of aromatic nitrogens is 4. The van der Waals surface area contributed by atoms with Crippen molar-refractivity contribution in [1.82, 2.24) is 19.7 Å². The SMILES string of the molecule is Cc1cccc(-c2nc(N3CCCCC3)nc3nn(Cc4ccccc4)c(N)c23)c1. The highest BCUT2D eigenvalue weighted by molar-refractivity contribution is 5.99. The number of hydrogen-bond acceptors (Lipinski definition) is 5. The van der Waals surface area contributed by atoms with E-state index in [4.69, 9.17) is 20.8 Å². The molecule has 0 aliphatic carbocycles. The molecule has 30 heavy (non-hydrogen) atoms. The monoisotopic (exact) mass is 398 g/mol. The third kappa shape index (κ3) is 3.49. The second kappa shape index (κ2) is 7.78. The summed E-state index contributed by atoms with van der Waals surface area (Å²) in [5, 5.41) is 5.62. The first kappa shape index (κ1) is 18.6. The summed E-state index contributed by atoms with van der Waals surface area (Å²) in [5.41, 5.74) is 11.5. The Bertz CT molecular complexity index is 1180. The van der Waals surface area contributed by atoms with Crippen LogP contribution in [0.4, 0.5) is 11.8 Å². The predicted molar refractivity (Wildman–Crippen MR) is 122 cm³/mol. The summed E-state index contributed by atoms with van der Waals surface area (Å²) in [6.07, 6.45) is 3.61. The Morgan fingerprint density at radius 2 is 1.73 bits per heavy atom. The van der Waals surface area contributed by atoms with Gasteiger partial charge in [0.2, 0.25) is 5.95 Å². The summed E-state index contributed by atoms with van der Waals surface area (Å²) in [5.74, 6) is 1.36. The Morgan fingerprint density at radius 3 is 2.50 bits per heavy atom. The lowest BCUT2D eigenvalue weighted by Crippen LogP contribution is -2.31. The molecule has 1 aliphatic heterocycles. The van der Waals surface area contributed by atoms with Gasteiger partial charge in [-0.1, -0.05) is 54.1 Å². The first-order valence-corrected chi connectivity index (χ1v) is 10.6. The maximum absolute atomic E-state index is 6.60. The molecular formula is C24H26N6. The number of aryl methyl sites for hydroxylation is 1. The normalized spacial score (nSPS) is 14.4. The maximum Gasteiger partial charge on any atom is 0.228 e. The van der Waals surface area contributed by atoms with Gasteiger partial charge in [-0.15, -0.1) is 5.10 Å². The Morgan fingerprint density at radius 1 is 0.933 bits per heavy atom. The van der Waals surface area contributed by atoms with E-state index in [1.165, 1.54) is 24.8 Å². The smallest absolute Gasteiger partial charge is 0.228 e. The maximum atomic E-state index is 6.60. The van der Waals surface area contributed by atoms with Crippen molar-refractivity contribution < 1.29 is 0 Å². The molecule has 1 saturated heterocycles. The van der Waals surface area contributed by atoms with E-state index in [0.29, 0.717) is 18.0 Å². The van der Waals surface area contributed by atoms with Crippen LogP contribution in [-0.4, -0.2) is 32.8 Å². The fourth-order valence-corrected chi connectivity index (χ4v) is 4.16. The number of benzene rings is 2. The van der Waals surface area contributed by atoms with Crippen molar-refractivity contribution in [2.24, 2.45) is 0 Å². The summed E-state index contributed by atoms with van der Waals surface area (Å²) < 4.78 is 1.84. The van der Waals surface area contributed by atoms with E-state index < -0.39 is 0 Å². The number of hydrogen-bond donors (Lipinski definition) is 1. The molecule has 0 radical (unpaired) electrons. The zero-order chi connectivity index (χ0) is 20.5. The average Bonchev–Trinajstić information content (AvgIpc) is 3.09. The molecule has 4 aromatic rings. The van der Waals surface area contributed by atoms with Gasteiger partial charge in [0.15, 0.2) is 5.65 Å². The second-order valence-corrected chi connectivity index (χ2v) is 8.02. The average molecular weight is 399 g/mol. The number of nitrogens with zero attached hydrogens (tertiary/aromatic N) is 5. The molecule has 0 atom stereocenters. The number of anilines is 2. The molecule has 0 bridgehead atoms. The van der Waals surface area contributed by atoms with Crippen LogP contribution in [0.2, 0.25) is 0 Å². The minimum Gasteiger partial charge on any atom is -0.383 e. The van der Waals surface area contributed by atoms with Crippen molar-refractivity contribution in [2.75, 3.05) is 23.7 Å². The van der Waals surface area contributed by atoms with Gasteiger partial charge in [0.1, 0.15) is 5.82 Å². The minimum absolute atomic E-state index is 0.606. The van der Waals surface area contributed by atoms with Gasteiger partial charge in [0.05, 0.1) is 17.6 Å². The minimum atomic E-state index is 0.606. The quantitative estimate of drug-likeness (QED) is 0.551. The Kier molecular flexibility index (Phi) is 4.83.